The van der Waals surface area contributed by atoms with Crippen LogP contribution in [0.1, 0.15) is 57.1 Å². The fraction of sp³-hybridized carbons (Fsp3) is 0.636. The number of benzene rings is 1. The van der Waals surface area contributed by atoms with Crippen molar-refractivity contribution in [2.24, 2.45) is 5.92 Å². The van der Waals surface area contributed by atoms with Gasteiger partial charge in [0.2, 0.25) is 0 Å². The fourth-order valence-electron chi connectivity index (χ4n) is 4.06. The lowest BCUT2D eigenvalue weighted by Crippen LogP contribution is -2.46. The lowest BCUT2D eigenvalue weighted by molar-refractivity contribution is -0.152. The van der Waals surface area contributed by atoms with Crippen molar-refractivity contribution in [3.8, 4) is 5.75 Å². The van der Waals surface area contributed by atoms with Gasteiger partial charge in [0, 0.05) is 13.1 Å². The number of amides is 1. The van der Waals surface area contributed by atoms with Crippen LogP contribution in [0.15, 0.2) is 18.2 Å². The molecule has 0 saturated carbocycles. The van der Waals surface area contributed by atoms with E-state index in [1.807, 2.05) is 24.8 Å². The van der Waals surface area contributed by atoms with E-state index < -0.39 is 6.10 Å². The van der Waals surface area contributed by atoms with Crippen molar-refractivity contribution >= 4 is 11.9 Å². The molecular formula is C22H31NO4. The average molecular weight is 373 g/mol. The molecule has 1 fully saturated rings. The lowest BCUT2D eigenvalue weighted by Gasteiger charge is -2.33. The van der Waals surface area contributed by atoms with Crippen LogP contribution in [0.25, 0.3) is 0 Å². The minimum absolute atomic E-state index is 0.0255. The molecule has 0 aromatic heterocycles. The Hall–Kier alpha value is -2.04. The van der Waals surface area contributed by atoms with E-state index in [2.05, 4.69) is 12.1 Å². The molecule has 1 aliphatic carbocycles. The van der Waals surface area contributed by atoms with E-state index in [9.17, 15) is 9.59 Å². The number of carbonyl (C=O) groups excluding carboxylic acids is 2. The van der Waals surface area contributed by atoms with Gasteiger partial charge in [-0.2, -0.15) is 0 Å². The molecule has 1 atom stereocenters. The Kier molecular flexibility index (Phi) is 6.75. The molecule has 0 N–H and O–H groups in total. The minimum atomic E-state index is -0.467. The lowest BCUT2D eigenvalue weighted by atomic mass is 9.92. The molecule has 5 nitrogen and oxygen atoms in total. The third-order valence-corrected chi connectivity index (χ3v) is 5.67. The summed E-state index contributed by atoms with van der Waals surface area (Å²) in [6.07, 6.45) is 6.21. The van der Waals surface area contributed by atoms with Crippen molar-refractivity contribution < 1.29 is 19.1 Å². The highest BCUT2D eigenvalue weighted by atomic mass is 16.5. The molecule has 1 amide bonds. The molecule has 0 spiro atoms. The third kappa shape index (κ3) is 4.82. The highest BCUT2D eigenvalue weighted by Gasteiger charge is 2.31. The topological polar surface area (TPSA) is 55.8 Å². The molecule has 1 aromatic rings. The number of hydrogen-bond acceptors (Lipinski definition) is 4. The first kappa shape index (κ1) is 19.7. The van der Waals surface area contributed by atoms with Gasteiger partial charge >= 0.3 is 5.97 Å². The van der Waals surface area contributed by atoms with Crippen LogP contribution in [0, 0.1) is 5.92 Å². The van der Waals surface area contributed by atoms with E-state index >= 15 is 0 Å². The van der Waals surface area contributed by atoms with Crippen LogP contribution in [0.5, 0.6) is 5.75 Å². The molecule has 148 valence electrons. The van der Waals surface area contributed by atoms with Crippen LogP contribution >= 0.6 is 0 Å². The number of likely N-dealkylation sites (tertiary alicyclic amines) is 1. The van der Waals surface area contributed by atoms with Crippen LogP contribution in [0.4, 0.5) is 0 Å². The van der Waals surface area contributed by atoms with Crippen molar-refractivity contribution in [3.05, 3.63) is 29.3 Å². The van der Waals surface area contributed by atoms with Crippen LogP contribution in [0.3, 0.4) is 0 Å². The Morgan fingerprint density at radius 2 is 1.81 bits per heavy atom. The summed E-state index contributed by atoms with van der Waals surface area (Å²) < 4.78 is 11.2. The summed E-state index contributed by atoms with van der Waals surface area (Å²) >= 11 is 0. The number of aryl methyl sites for hydroxylation is 2. The number of esters is 1. The quantitative estimate of drug-likeness (QED) is 0.716. The maximum absolute atomic E-state index is 12.9. The smallest absolute Gasteiger partial charge is 0.309 e. The van der Waals surface area contributed by atoms with E-state index in [0.29, 0.717) is 39.0 Å². The van der Waals surface area contributed by atoms with Gasteiger partial charge in [-0.3, -0.25) is 9.59 Å². The van der Waals surface area contributed by atoms with Gasteiger partial charge in [-0.05, 0) is 75.1 Å². The Morgan fingerprint density at radius 1 is 1.11 bits per heavy atom. The summed E-state index contributed by atoms with van der Waals surface area (Å²) in [5.74, 6) is 0.590. The number of piperidine rings is 1. The molecule has 0 radical (unpaired) electrons. The normalized spacial score (nSPS) is 18.5. The van der Waals surface area contributed by atoms with Crippen molar-refractivity contribution in [2.75, 3.05) is 19.7 Å². The van der Waals surface area contributed by atoms with Gasteiger partial charge in [0.25, 0.3) is 5.91 Å². The monoisotopic (exact) mass is 373 g/mol. The van der Waals surface area contributed by atoms with Gasteiger partial charge < -0.3 is 14.4 Å². The fourth-order valence-corrected chi connectivity index (χ4v) is 4.06. The number of carbonyl (C=O) groups is 2. The molecule has 1 aromatic carbocycles. The number of ether oxygens (including phenoxy) is 2. The van der Waals surface area contributed by atoms with Crippen LogP contribution in [0.2, 0.25) is 0 Å². The van der Waals surface area contributed by atoms with Crippen LogP contribution in [-0.2, 0) is 27.2 Å². The molecule has 1 saturated heterocycles. The van der Waals surface area contributed by atoms with Gasteiger partial charge in [0.15, 0.2) is 6.10 Å². The van der Waals surface area contributed by atoms with E-state index in [0.717, 1.165) is 18.6 Å². The van der Waals surface area contributed by atoms with Crippen molar-refractivity contribution in [3.63, 3.8) is 0 Å². The average Bonchev–Trinajstić information content (AvgIpc) is 2.71. The highest BCUT2D eigenvalue weighted by molar-refractivity contribution is 5.82. The van der Waals surface area contributed by atoms with Crippen molar-refractivity contribution in [2.45, 2.75) is 64.9 Å². The first-order valence-electron chi connectivity index (χ1n) is 10.4. The van der Waals surface area contributed by atoms with E-state index in [-0.39, 0.29) is 17.8 Å². The number of hydrogen-bond donors (Lipinski definition) is 0. The highest BCUT2D eigenvalue weighted by Crippen LogP contribution is 2.27. The molecule has 0 bridgehead atoms. The first-order chi connectivity index (χ1) is 13.1. The van der Waals surface area contributed by atoms with Crippen LogP contribution < -0.4 is 4.74 Å². The molecule has 27 heavy (non-hydrogen) atoms. The van der Waals surface area contributed by atoms with Gasteiger partial charge in [-0.15, -0.1) is 0 Å². The van der Waals surface area contributed by atoms with E-state index in [1.54, 1.807) is 0 Å². The Balaban J connectivity index is 1.57. The van der Waals surface area contributed by atoms with Crippen molar-refractivity contribution in [1.82, 2.24) is 4.90 Å². The number of rotatable bonds is 6. The Bertz CT molecular complexity index is 664. The zero-order chi connectivity index (χ0) is 19.2. The number of fused-ring (bicyclic) bond motifs is 1. The largest absolute Gasteiger partial charge is 0.481 e. The predicted molar refractivity (Wildman–Crippen MR) is 104 cm³/mol. The SMILES string of the molecule is CCOC(=O)C1CCN(C(=O)[C@@H](CC)Oc2ccc3c(c2)CCCC3)CC1. The van der Waals surface area contributed by atoms with Gasteiger partial charge in [0.05, 0.1) is 12.5 Å². The van der Waals surface area contributed by atoms with E-state index in [1.165, 1.54) is 24.0 Å². The summed E-state index contributed by atoms with van der Waals surface area (Å²) in [7, 11) is 0. The summed E-state index contributed by atoms with van der Waals surface area (Å²) in [6.45, 7) is 5.38. The molecule has 2 aliphatic rings. The molecule has 1 heterocycles. The maximum Gasteiger partial charge on any atom is 0.309 e. The van der Waals surface area contributed by atoms with Gasteiger partial charge in [-0.1, -0.05) is 13.0 Å². The molecular weight excluding hydrogens is 342 g/mol. The minimum Gasteiger partial charge on any atom is -0.481 e. The summed E-state index contributed by atoms with van der Waals surface area (Å²) in [6, 6.07) is 6.25. The summed E-state index contributed by atoms with van der Waals surface area (Å²) in [5, 5.41) is 0. The second kappa shape index (κ2) is 9.25. The number of nitrogens with zero attached hydrogens (tertiary/aromatic N) is 1. The second-order valence-electron chi connectivity index (χ2n) is 7.50. The zero-order valence-corrected chi connectivity index (χ0v) is 16.5. The maximum atomic E-state index is 12.9. The van der Waals surface area contributed by atoms with Gasteiger partial charge in [0.1, 0.15) is 5.75 Å². The molecule has 3 rings (SSSR count). The second-order valence-corrected chi connectivity index (χ2v) is 7.50. The summed E-state index contributed by atoms with van der Waals surface area (Å²) in [5.41, 5.74) is 2.77. The van der Waals surface area contributed by atoms with Crippen LogP contribution in [-0.4, -0.2) is 42.6 Å². The van der Waals surface area contributed by atoms with E-state index in [4.69, 9.17) is 9.47 Å². The molecule has 5 heteroatoms. The van der Waals surface area contributed by atoms with Crippen molar-refractivity contribution in [1.29, 1.82) is 0 Å². The third-order valence-electron chi connectivity index (χ3n) is 5.67. The zero-order valence-electron chi connectivity index (χ0n) is 16.5. The summed E-state index contributed by atoms with van der Waals surface area (Å²) in [4.78, 5) is 26.6. The Labute approximate surface area is 162 Å². The predicted octanol–water partition coefficient (Wildman–Crippen LogP) is 3.52. The van der Waals surface area contributed by atoms with Gasteiger partial charge in [-0.25, -0.2) is 0 Å². The molecule has 1 aliphatic heterocycles. The Morgan fingerprint density at radius 3 is 2.48 bits per heavy atom. The molecule has 0 unspecified atom stereocenters. The first-order valence-corrected chi connectivity index (χ1v) is 10.4. The standard InChI is InChI=1S/C22H31NO4/c1-3-20(27-19-10-9-16-7-5-6-8-18(16)15-19)21(24)23-13-11-17(12-14-23)22(25)26-4-2/h9-10,15,17,20H,3-8,11-14H2,1-2H3/t20-/m1/s1.